The van der Waals surface area contributed by atoms with Gasteiger partial charge in [-0.15, -0.1) is 0 Å². The number of benzene rings is 1. The predicted molar refractivity (Wildman–Crippen MR) is 71.2 cm³/mol. The molecule has 0 aliphatic carbocycles. The van der Waals surface area contributed by atoms with Crippen LogP contribution in [0.5, 0.6) is 5.88 Å². The maximum absolute atomic E-state index is 14.1. The van der Waals surface area contributed by atoms with E-state index in [1.54, 1.807) is 0 Å². The van der Waals surface area contributed by atoms with Crippen LogP contribution in [0.1, 0.15) is 0 Å². The highest BCUT2D eigenvalue weighted by Crippen LogP contribution is 2.38. The summed E-state index contributed by atoms with van der Waals surface area (Å²) in [6.45, 7) is 0. The molecule has 18 heavy (non-hydrogen) atoms. The fourth-order valence-corrected chi connectivity index (χ4v) is 2.23. The third-order valence-corrected chi connectivity index (χ3v) is 3.35. The van der Waals surface area contributed by atoms with Crippen molar-refractivity contribution in [3.63, 3.8) is 0 Å². The second-order valence-corrected chi connectivity index (χ2v) is 4.65. The van der Waals surface area contributed by atoms with Gasteiger partial charge in [-0.2, -0.15) is 0 Å². The Labute approximate surface area is 118 Å². The van der Waals surface area contributed by atoms with Gasteiger partial charge in [0.15, 0.2) is 5.82 Å². The summed E-state index contributed by atoms with van der Waals surface area (Å²) in [6.07, 6.45) is 1.42. The number of hydrogen-bond donors (Lipinski definition) is 0. The van der Waals surface area contributed by atoms with Crippen LogP contribution in [0.25, 0.3) is 11.1 Å². The standard InChI is InChI=1S/C12H7Cl3FNO/c1-18-12-11(16)7(2-3-17-12)8-4-6(13)5-9(14)10(8)15/h2-5H,1H3. The number of nitrogens with zero attached hydrogens (tertiary/aromatic N) is 1. The first-order chi connectivity index (χ1) is 8.54. The van der Waals surface area contributed by atoms with Crippen molar-refractivity contribution in [2.24, 2.45) is 0 Å². The van der Waals surface area contributed by atoms with Crippen LogP contribution in [0.3, 0.4) is 0 Å². The second-order valence-electron chi connectivity index (χ2n) is 3.43. The maximum atomic E-state index is 14.1. The first kappa shape index (κ1) is 13.4. The number of methoxy groups -OCH3 is 1. The molecule has 0 saturated carbocycles. The Morgan fingerprint density at radius 1 is 1.17 bits per heavy atom. The van der Waals surface area contributed by atoms with Gasteiger partial charge in [0.05, 0.1) is 17.2 Å². The Hall–Kier alpha value is -1.03. The molecular weight excluding hydrogens is 299 g/mol. The lowest BCUT2D eigenvalue weighted by atomic mass is 10.1. The van der Waals surface area contributed by atoms with E-state index in [0.29, 0.717) is 10.6 Å². The summed E-state index contributed by atoms with van der Waals surface area (Å²) in [5.74, 6) is -0.722. The number of aromatic nitrogens is 1. The van der Waals surface area contributed by atoms with Gasteiger partial charge >= 0.3 is 0 Å². The summed E-state index contributed by atoms with van der Waals surface area (Å²) in [4.78, 5) is 3.75. The molecule has 0 fully saturated rings. The van der Waals surface area contributed by atoms with Crippen molar-refractivity contribution in [1.29, 1.82) is 0 Å². The minimum Gasteiger partial charge on any atom is -0.479 e. The van der Waals surface area contributed by atoms with Gasteiger partial charge in [-0.1, -0.05) is 34.8 Å². The van der Waals surface area contributed by atoms with E-state index >= 15 is 0 Å². The minimum absolute atomic E-state index is 0.111. The summed E-state index contributed by atoms with van der Waals surface area (Å²) >= 11 is 17.8. The normalized spacial score (nSPS) is 10.5. The third-order valence-electron chi connectivity index (χ3n) is 2.33. The lowest BCUT2D eigenvalue weighted by Gasteiger charge is -2.09. The molecular formula is C12H7Cl3FNO. The molecule has 0 aliphatic heterocycles. The molecule has 0 atom stereocenters. The molecule has 94 valence electrons. The highest BCUT2D eigenvalue weighted by molar-refractivity contribution is 6.45. The van der Waals surface area contributed by atoms with E-state index in [1.165, 1.54) is 31.5 Å². The van der Waals surface area contributed by atoms with E-state index in [-0.39, 0.29) is 21.5 Å². The lowest BCUT2D eigenvalue weighted by Crippen LogP contribution is -1.95. The smallest absolute Gasteiger partial charge is 0.250 e. The minimum atomic E-state index is -0.611. The van der Waals surface area contributed by atoms with Gasteiger partial charge < -0.3 is 4.74 Å². The molecule has 0 amide bonds. The summed E-state index contributed by atoms with van der Waals surface area (Å²) < 4.78 is 18.9. The third kappa shape index (κ3) is 2.39. The number of pyridine rings is 1. The molecule has 1 heterocycles. The zero-order valence-corrected chi connectivity index (χ0v) is 11.4. The Bertz CT molecular complexity index is 604. The van der Waals surface area contributed by atoms with E-state index in [9.17, 15) is 4.39 Å². The molecule has 6 heteroatoms. The monoisotopic (exact) mass is 305 g/mol. The number of ether oxygens (including phenoxy) is 1. The van der Waals surface area contributed by atoms with Crippen molar-refractivity contribution in [2.75, 3.05) is 7.11 Å². The average molecular weight is 307 g/mol. The molecule has 0 spiro atoms. The topological polar surface area (TPSA) is 22.1 Å². The van der Waals surface area contributed by atoms with E-state index in [4.69, 9.17) is 39.5 Å². The molecule has 0 aliphatic rings. The van der Waals surface area contributed by atoms with Gasteiger partial charge in [0, 0.05) is 22.3 Å². The first-order valence-corrected chi connectivity index (χ1v) is 6.01. The Balaban J connectivity index is 2.69. The van der Waals surface area contributed by atoms with Gasteiger partial charge in [-0.05, 0) is 18.2 Å². The van der Waals surface area contributed by atoms with Crippen molar-refractivity contribution in [1.82, 2.24) is 4.98 Å². The van der Waals surface area contributed by atoms with Crippen molar-refractivity contribution in [3.8, 4) is 17.0 Å². The molecule has 0 radical (unpaired) electrons. The molecule has 1 aromatic heterocycles. The fourth-order valence-electron chi connectivity index (χ4n) is 1.53. The van der Waals surface area contributed by atoms with Crippen LogP contribution < -0.4 is 4.74 Å². The molecule has 2 rings (SSSR count). The number of rotatable bonds is 2. The SMILES string of the molecule is COc1nccc(-c2cc(Cl)cc(Cl)c2Cl)c1F. The molecule has 0 bridgehead atoms. The van der Waals surface area contributed by atoms with Crippen molar-refractivity contribution >= 4 is 34.8 Å². The molecule has 0 unspecified atom stereocenters. The Morgan fingerprint density at radius 3 is 2.56 bits per heavy atom. The van der Waals surface area contributed by atoms with Crippen LogP contribution in [0, 0.1) is 5.82 Å². The second kappa shape index (κ2) is 5.31. The summed E-state index contributed by atoms with van der Waals surface area (Å²) in [6, 6.07) is 4.50. The van der Waals surface area contributed by atoms with Crippen LogP contribution in [-0.2, 0) is 0 Å². The lowest BCUT2D eigenvalue weighted by molar-refractivity contribution is 0.370. The molecule has 0 N–H and O–H groups in total. The van der Waals surface area contributed by atoms with E-state index in [2.05, 4.69) is 4.98 Å². The summed E-state index contributed by atoms with van der Waals surface area (Å²) in [5, 5.41) is 0.858. The van der Waals surface area contributed by atoms with Gasteiger partial charge in [-0.25, -0.2) is 9.37 Å². The maximum Gasteiger partial charge on any atom is 0.250 e. The Morgan fingerprint density at radius 2 is 1.89 bits per heavy atom. The van der Waals surface area contributed by atoms with Gasteiger partial charge in [-0.3, -0.25) is 0 Å². The van der Waals surface area contributed by atoms with Crippen molar-refractivity contribution < 1.29 is 9.13 Å². The van der Waals surface area contributed by atoms with Crippen molar-refractivity contribution in [3.05, 3.63) is 45.3 Å². The van der Waals surface area contributed by atoms with Gasteiger partial charge in [0.25, 0.3) is 5.88 Å². The molecule has 2 nitrogen and oxygen atoms in total. The molecule has 0 saturated heterocycles. The predicted octanol–water partition coefficient (Wildman–Crippen LogP) is 4.86. The molecule has 2 aromatic rings. The number of halogens is 4. The quantitative estimate of drug-likeness (QED) is 0.739. The summed E-state index contributed by atoms with van der Waals surface area (Å²) in [7, 11) is 1.34. The van der Waals surface area contributed by atoms with Crippen LogP contribution >= 0.6 is 34.8 Å². The highest BCUT2D eigenvalue weighted by atomic mass is 35.5. The zero-order chi connectivity index (χ0) is 13.3. The number of hydrogen-bond acceptors (Lipinski definition) is 2. The fraction of sp³-hybridized carbons (Fsp3) is 0.0833. The highest BCUT2D eigenvalue weighted by Gasteiger charge is 2.16. The van der Waals surface area contributed by atoms with Crippen molar-refractivity contribution in [2.45, 2.75) is 0 Å². The van der Waals surface area contributed by atoms with E-state index in [0.717, 1.165) is 0 Å². The van der Waals surface area contributed by atoms with Gasteiger partial charge in [0.2, 0.25) is 0 Å². The van der Waals surface area contributed by atoms with E-state index < -0.39 is 5.82 Å². The Kier molecular flexibility index (Phi) is 3.95. The summed E-state index contributed by atoms with van der Waals surface area (Å²) in [5.41, 5.74) is 0.628. The van der Waals surface area contributed by atoms with Gasteiger partial charge in [0.1, 0.15) is 0 Å². The van der Waals surface area contributed by atoms with Crippen LogP contribution in [0.15, 0.2) is 24.4 Å². The average Bonchev–Trinajstić information content (AvgIpc) is 2.34. The van der Waals surface area contributed by atoms with E-state index in [1.807, 2.05) is 0 Å². The molecule has 1 aromatic carbocycles. The van der Waals surface area contributed by atoms with Crippen LogP contribution in [0.2, 0.25) is 15.1 Å². The largest absolute Gasteiger partial charge is 0.479 e. The zero-order valence-electron chi connectivity index (χ0n) is 9.18. The van der Waals surface area contributed by atoms with Crippen LogP contribution in [-0.4, -0.2) is 12.1 Å². The van der Waals surface area contributed by atoms with Crippen LogP contribution in [0.4, 0.5) is 4.39 Å². The first-order valence-electron chi connectivity index (χ1n) is 4.88.